The van der Waals surface area contributed by atoms with Gasteiger partial charge in [0.1, 0.15) is 16.4 Å². The lowest BCUT2D eigenvalue weighted by molar-refractivity contribution is -0.385. The van der Waals surface area contributed by atoms with Crippen molar-refractivity contribution in [3.05, 3.63) is 88.4 Å². The fourth-order valence-corrected chi connectivity index (χ4v) is 3.48. The molecule has 0 aliphatic rings. The van der Waals surface area contributed by atoms with E-state index in [1.165, 1.54) is 53.6 Å². The van der Waals surface area contributed by atoms with Crippen LogP contribution in [0.15, 0.2) is 76.2 Å². The first-order valence-electron chi connectivity index (χ1n) is 8.33. The van der Waals surface area contributed by atoms with E-state index in [2.05, 4.69) is 0 Å². The van der Waals surface area contributed by atoms with Crippen LogP contribution in [0, 0.1) is 10.1 Å². The highest BCUT2D eigenvalue weighted by Gasteiger charge is 2.20. The van der Waals surface area contributed by atoms with Gasteiger partial charge in [-0.3, -0.25) is 14.9 Å². The summed E-state index contributed by atoms with van der Waals surface area (Å²) in [6.07, 6.45) is 1.52. The first-order chi connectivity index (χ1) is 13.8. The van der Waals surface area contributed by atoms with Gasteiger partial charge in [0.05, 0.1) is 17.7 Å². The monoisotopic (exact) mass is 416 g/mol. The lowest BCUT2D eigenvalue weighted by Gasteiger charge is -2.16. The highest BCUT2D eigenvalue weighted by atomic mass is 32.2. The normalized spacial score (nSPS) is 11.1. The molecule has 0 saturated heterocycles. The quantitative estimate of drug-likeness (QED) is 0.329. The highest BCUT2D eigenvalue weighted by molar-refractivity contribution is 7.87. The van der Waals surface area contributed by atoms with Gasteiger partial charge in [0, 0.05) is 24.7 Å². The summed E-state index contributed by atoms with van der Waals surface area (Å²) in [6.45, 7) is 0.283. The van der Waals surface area contributed by atoms with Crippen molar-refractivity contribution < 1.29 is 26.7 Å². The van der Waals surface area contributed by atoms with Crippen molar-refractivity contribution in [3.63, 3.8) is 0 Å². The molecule has 0 unspecified atom stereocenters. The smallest absolute Gasteiger partial charge is 0.339 e. The predicted octanol–water partition coefficient (Wildman–Crippen LogP) is 3.23. The molecule has 10 heteroatoms. The predicted molar refractivity (Wildman–Crippen MR) is 102 cm³/mol. The summed E-state index contributed by atoms with van der Waals surface area (Å²) in [7, 11) is -2.65. The Morgan fingerprint density at radius 1 is 1.14 bits per heavy atom. The van der Waals surface area contributed by atoms with E-state index in [1.807, 2.05) is 0 Å². The Hall–Kier alpha value is -3.66. The van der Waals surface area contributed by atoms with Gasteiger partial charge < -0.3 is 13.5 Å². The molecule has 0 N–H and O–H groups in total. The van der Waals surface area contributed by atoms with Crippen molar-refractivity contribution in [1.29, 1.82) is 0 Å². The van der Waals surface area contributed by atoms with Gasteiger partial charge in [-0.1, -0.05) is 6.07 Å². The fourth-order valence-electron chi connectivity index (χ4n) is 2.51. The largest absolute Gasteiger partial charge is 0.467 e. The average molecular weight is 416 g/mol. The molecule has 1 heterocycles. The fraction of sp³-hybridized carbons (Fsp3) is 0.105. The number of amides is 1. The number of non-ortho nitro benzene ring substituents is 1. The number of furan rings is 1. The minimum Gasteiger partial charge on any atom is -0.467 e. The Labute approximate surface area is 166 Å². The van der Waals surface area contributed by atoms with E-state index in [1.54, 1.807) is 19.2 Å². The van der Waals surface area contributed by atoms with Crippen molar-refractivity contribution >= 4 is 21.7 Å². The van der Waals surface area contributed by atoms with E-state index >= 15 is 0 Å². The standard InChI is InChI=1S/C19H16N2O7S/c1-20(13-17-5-3-11-27-17)19(22)14-7-9-16(10-8-14)28-29(25,26)18-6-2-4-15(12-18)21(23)24/h2-12H,13H2,1H3. The van der Waals surface area contributed by atoms with Gasteiger partial charge in [0.2, 0.25) is 0 Å². The molecule has 0 spiro atoms. The molecule has 0 radical (unpaired) electrons. The van der Waals surface area contributed by atoms with E-state index in [0.29, 0.717) is 11.3 Å². The molecule has 1 aromatic heterocycles. The van der Waals surface area contributed by atoms with Crippen LogP contribution < -0.4 is 4.18 Å². The lowest BCUT2D eigenvalue weighted by Crippen LogP contribution is -2.25. The molecular weight excluding hydrogens is 400 g/mol. The second-order valence-corrected chi connectivity index (χ2v) is 7.60. The van der Waals surface area contributed by atoms with E-state index in [4.69, 9.17) is 8.60 Å². The minimum atomic E-state index is -4.27. The molecule has 0 aliphatic heterocycles. The Morgan fingerprint density at radius 2 is 1.86 bits per heavy atom. The molecule has 0 bridgehead atoms. The Balaban J connectivity index is 1.72. The Bertz CT molecular complexity index is 1120. The molecule has 9 nitrogen and oxygen atoms in total. The number of carbonyl (C=O) groups is 1. The van der Waals surface area contributed by atoms with Crippen LogP contribution >= 0.6 is 0 Å². The summed E-state index contributed by atoms with van der Waals surface area (Å²) >= 11 is 0. The number of hydrogen-bond donors (Lipinski definition) is 0. The second-order valence-electron chi connectivity index (χ2n) is 6.06. The van der Waals surface area contributed by atoms with Crippen LogP contribution in [0.5, 0.6) is 5.75 Å². The number of hydrogen-bond acceptors (Lipinski definition) is 7. The SMILES string of the molecule is CN(Cc1ccco1)C(=O)c1ccc(OS(=O)(=O)c2cccc([N+](=O)[O-])c2)cc1. The maximum absolute atomic E-state index is 12.5. The average Bonchev–Trinajstić information content (AvgIpc) is 3.21. The number of nitrogens with zero attached hydrogens (tertiary/aromatic N) is 2. The molecule has 3 aromatic rings. The molecule has 1 amide bonds. The van der Waals surface area contributed by atoms with Gasteiger partial charge in [-0.05, 0) is 42.5 Å². The van der Waals surface area contributed by atoms with E-state index in [9.17, 15) is 23.3 Å². The zero-order valence-electron chi connectivity index (χ0n) is 15.2. The van der Waals surface area contributed by atoms with Gasteiger partial charge >= 0.3 is 10.1 Å². The Morgan fingerprint density at radius 3 is 2.48 bits per heavy atom. The van der Waals surface area contributed by atoms with Crippen LogP contribution in [0.4, 0.5) is 5.69 Å². The Kier molecular flexibility index (Phi) is 5.64. The maximum Gasteiger partial charge on any atom is 0.339 e. The highest BCUT2D eigenvalue weighted by Crippen LogP contribution is 2.22. The number of nitro groups is 1. The topological polar surface area (TPSA) is 120 Å². The van der Waals surface area contributed by atoms with Crippen molar-refractivity contribution in [1.82, 2.24) is 4.90 Å². The third-order valence-corrected chi connectivity index (χ3v) is 5.19. The molecule has 0 fully saturated rings. The zero-order valence-corrected chi connectivity index (χ0v) is 16.0. The third kappa shape index (κ3) is 4.79. The molecular formula is C19H16N2O7S. The molecule has 0 aliphatic carbocycles. The van der Waals surface area contributed by atoms with Crippen LogP contribution in [0.1, 0.15) is 16.1 Å². The van der Waals surface area contributed by atoms with Gasteiger partial charge in [0.25, 0.3) is 11.6 Å². The van der Waals surface area contributed by atoms with Crippen LogP contribution in [0.3, 0.4) is 0 Å². The summed E-state index contributed by atoms with van der Waals surface area (Å²) in [4.78, 5) is 23.7. The summed E-state index contributed by atoms with van der Waals surface area (Å²) in [5.41, 5.74) is -0.0330. The number of benzene rings is 2. The first-order valence-corrected chi connectivity index (χ1v) is 9.74. The van der Waals surface area contributed by atoms with E-state index in [-0.39, 0.29) is 28.8 Å². The number of rotatable bonds is 7. The number of nitro benzene ring substituents is 1. The van der Waals surface area contributed by atoms with Crippen molar-refractivity contribution in [2.75, 3.05) is 7.05 Å². The van der Waals surface area contributed by atoms with Gasteiger partial charge in [0.15, 0.2) is 0 Å². The zero-order chi connectivity index (χ0) is 21.0. The maximum atomic E-state index is 12.5. The lowest BCUT2D eigenvalue weighted by atomic mass is 10.2. The van der Waals surface area contributed by atoms with Gasteiger partial charge in [-0.25, -0.2) is 0 Å². The summed E-state index contributed by atoms with van der Waals surface area (Å²) < 4.78 is 34.9. The molecule has 2 aromatic carbocycles. The number of carbonyl (C=O) groups excluding carboxylic acids is 1. The molecule has 0 saturated carbocycles. The second kappa shape index (κ2) is 8.15. The molecule has 3 rings (SSSR count). The van der Waals surface area contributed by atoms with Crippen LogP contribution in [0.2, 0.25) is 0 Å². The van der Waals surface area contributed by atoms with Gasteiger partial charge in [-0.15, -0.1) is 0 Å². The molecule has 29 heavy (non-hydrogen) atoms. The van der Waals surface area contributed by atoms with E-state index in [0.717, 1.165) is 6.07 Å². The molecule has 0 atom stereocenters. The van der Waals surface area contributed by atoms with Crippen LogP contribution in [-0.4, -0.2) is 31.2 Å². The van der Waals surface area contributed by atoms with Gasteiger partial charge in [-0.2, -0.15) is 8.42 Å². The van der Waals surface area contributed by atoms with Crippen molar-refractivity contribution in [2.24, 2.45) is 0 Å². The third-order valence-electron chi connectivity index (χ3n) is 3.94. The van der Waals surface area contributed by atoms with Crippen molar-refractivity contribution in [3.8, 4) is 5.75 Å². The van der Waals surface area contributed by atoms with E-state index < -0.39 is 15.0 Å². The minimum absolute atomic E-state index is 0.0262. The first kappa shape index (κ1) is 20.1. The summed E-state index contributed by atoms with van der Waals surface area (Å²) in [5, 5.41) is 10.8. The molecule has 150 valence electrons. The van der Waals surface area contributed by atoms with Crippen LogP contribution in [-0.2, 0) is 16.7 Å². The van der Waals surface area contributed by atoms with Crippen molar-refractivity contribution in [2.45, 2.75) is 11.4 Å². The summed E-state index contributed by atoms with van der Waals surface area (Å²) in [5.74, 6) is 0.320. The summed E-state index contributed by atoms with van der Waals surface area (Å²) in [6, 6.07) is 13.6. The van der Waals surface area contributed by atoms with Crippen LogP contribution in [0.25, 0.3) is 0 Å².